The van der Waals surface area contributed by atoms with Gasteiger partial charge in [-0.1, -0.05) is 34.8 Å². The lowest BCUT2D eigenvalue weighted by Gasteiger charge is -2.24. The maximum absolute atomic E-state index is 5.53. The fourth-order valence-corrected chi connectivity index (χ4v) is 3.03. The van der Waals surface area contributed by atoms with Gasteiger partial charge in [0, 0.05) is 4.47 Å². The first-order valence-corrected chi connectivity index (χ1v) is 7.06. The van der Waals surface area contributed by atoms with Crippen molar-refractivity contribution < 1.29 is 0 Å². The van der Waals surface area contributed by atoms with Gasteiger partial charge in [-0.05, 0) is 61.4 Å². The molecule has 0 saturated carbocycles. The van der Waals surface area contributed by atoms with Gasteiger partial charge in [0.15, 0.2) is 0 Å². The normalized spacial score (nSPS) is 19.5. The molecule has 0 saturated heterocycles. The van der Waals surface area contributed by atoms with E-state index < -0.39 is 0 Å². The van der Waals surface area contributed by atoms with Gasteiger partial charge in [-0.15, -0.1) is 0 Å². The van der Waals surface area contributed by atoms with Gasteiger partial charge in [0.2, 0.25) is 0 Å². The van der Waals surface area contributed by atoms with E-state index in [1.165, 1.54) is 43.0 Å². The summed E-state index contributed by atoms with van der Waals surface area (Å²) >= 11 is 3.54. The van der Waals surface area contributed by atoms with Crippen molar-refractivity contribution >= 4 is 15.9 Å². The molecule has 0 aromatic heterocycles. The number of rotatable bonds is 4. The highest BCUT2D eigenvalue weighted by atomic mass is 79.9. The second-order valence-corrected chi connectivity index (χ2v) is 5.72. The number of benzene rings is 1. The molecule has 0 radical (unpaired) electrons. The number of fused-ring (bicyclic) bond motifs is 1. The maximum Gasteiger partial charge on any atom is 0.0178 e. The van der Waals surface area contributed by atoms with Gasteiger partial charge in [0.05, 0.1) is 0 Å². The molecule has 0 aliphatic heterocycles. The summed E-state index contributed by atoms with van der Waals surface area (Å²) in [6, 6.07) is 6.74. The van der Waals surface area contributed by atoms with Crippen LogP contribution >= 0.6 is 15.9 Å². The topological polar surface area (TPSA) is 26.0 Å². The largest absolute Gasteiger partial charge is 0.330 e. The number of unbranched alkanes of at least 4 members (excludes halogenated alkanes) is 1. The minimum absolute atomic E-state index is 0.844. The summed E-state index contributed by atoms with van der Waals surface area (Å²) in [5.41, 5.74) is 8.64. The highest BCUT2D eigenvalue weighted by Crippen LogP contribution is 2.30. The zero-order valence-electron chi connectivity index (χ0n) is 9.71. The summed E-state index contributed by atoms with van der Waals surface area (Å²) in [5.74, 6) is 0.889. The molecule has 2 heteroatoms. The lowest BCUT2D eigenvalue weighted by Crippen LogP contribution is -2.14. The molecule has 0 amide bonds. The van der Waals surface area contributed by atoms with Crippen molar-refractivity contribution in [2.75, 3.05) is 6.54 Å². The first kappa shape index (κ1) is 12.1. The molecule has 0 heterocycles. The van der Waals surface area contributed by atoms with Crippen molar-refractivity contribution in [3.63, 3.8) is 0 Å². The van der Waals surface area contributed by atoms with Gasteiger partial charge in [-0.2, -0.15) is 0 Å². The van der Waals surface area contributed by atoms with Crippen LogP contribution in [0.4, 0.5) is 0 Å². The van der Waals surface area contributed by atoms with Crippen LogP contribution in [0, 0.1) is 5.92 Å². The predicted molar refractivity (Wildman–Crippen MR) is 72.6 cm³/mol. The van der Waals surface area contributed by atoms with Crippen molar-refractivity contribution in [2.45, 2.75) is 38.5 Å². The number of hydrogen-bond acceptors (Lipinski definition) is 1. The van der Waals surface area contributed by atoms with Crippen molar-refractivity contribution in [3.8, 4) is 0 Å². The van der Waals surface area contributed by atoms with E-state index in [1.807, 2.05) is 0 Å². The van der Waals surface area contributed by atoms with E-state index in [0.29, 0.717) is 0 Å². The quantitative estimate of drug-likeness (QED) is 0.837. The van der Waals surface area contributed by atoms with Crippen LogP contribution in [0.15, 0.2) is 22.7 Å². The number of aryl methyl sites for hydroxylation is 1. The SMILES string of the molecule is NCCCCC1CCc2cc(Br)ccc2C1. The zero-order chi connectivity index (χ0) is 11.4. The van der Waals surface area contributed by atoms with Gasteiger partial charge in [-0.25, -0.2) is 0 Å². The number of halogens is 1. The van der Waals surface area contributed by atoms with Crippen LogP contribution in [0.1, 0.15) is 36.8 Å². The molecule has 1 aromatic rings. The second-order valence-electron chi connectivity index (χ2n) is 4.81. The minimum atomic E-state index is 0.844. The third-order valence-corrected chi connectivity index (χ3v) is 4.06. The van der Waals surface area contributed by atoms with Crippen LogP contribution in [-0.4, -0.2) is 6.54 Å². The Labute approximate surface area is 107 Å². The Bertz CT molecular complexity index is 349. The summed E-state index contributed by atoms with van der Waals surface area (Å²) in [4.78, 5) is 0. The van der Waals surface area contributed by atoms with E-state index in [2.05, 4.69) is 34.1 Å². The first-order chi connectivity index (χ1) is 7.79. The Morgan fingerprint density at radius 2 is 2.12 bits per heavy atom. The molecule has 1 nitrogen and oxygen atoms in total. The standard InChI is InChI=1S/C14H20BrN/c15-14-7-6-12-9-11(3-1-2-8-16)4-5-13(12)10-14/h6-7,10-11H,1-5,8-9,16H2. The Hall–Kier alpha value is -0.340. The molecular formula is C14H20BrN. The third-order valence-electron chi connectivity index (χ3n) is 3.57. The van der Waals surface area contributed by atoms with Crippen molar-refractivity contribution in [1.29, 1.82) is 0 Å². The van der Waals surface area contributed by atoms with Crippen LogP contribution in [0.5, 0.6) is 0 Å². The molecule has 16 heavy (non-hydrogen) atoms. The summed E-state index contributed by atoms with van der Waals surface area (Å²) in [6.07, 6.45) is 7.71. The van der Waals surface area contributed by atoms with E-state index in [1.54, 1.807) is 11.1 Å². The van der Waals surface area contributed by atoms with Crippen LogP contribution in [0.25, 0.3) is 0 Å². The Kier molecular flexibility index (Phi) is 4.42. The average Bonchev–Trinajstić information content (AvgIpc) is 2.29. The smallest absolute Gasteiger partial charge is 0.0178 e. The van der Waals surface area contributed by atoms with Crippen molar-refractivity contribution in [3.05, 3.63) is 33.8 Å². The molecule has 1 atom stereocenters. The summed E-state index contributed by atoms with van der Waals surface area (Å²) < 4.78 is 1.22. The molecular weight excluding hydrogens is 262 g/mol. The fraction of sp³-hybridized carbons (Fsp3) is 0.571. The van der Waals surface area contributed by atoms with E-state index in [0.717, 1.165) is 12.5 Å². The molecule has 1 aromatic carbocycles. The number of hydrogen-bond donors (Lipinski definition) is 1. The molecule has 1 aliphatic rings. The molecule has 0 spiro atoms. The van der Waals surface area contributed by atoms with Gasteiger partial charge in [0.1, 0.15) is 0 Å². The predicted octanol–water partition coefficient (Wildman–Crippen LogP) is 3.68. The maximum atomic E-state index is 5.53. The molecule has 0 fully saturated rings. The first-order valence-electron chi connectivity index (χ1n) is 6.27. The van der Waals surface area contributed by atoms with Gasteiger partial charge >= 0.3 is 0 Å². The highest BCUT2D eigenvalue weighted by molar-refractivity contribution is 9.10. The molecule has 1 aliphatic carbocycles. The van der Waals surface area contributed by atoms with E-state index in [-0.39, 0.29) is 0 Å². The monoisotopic (exact) mass is 281 g/mol. The van der Waals surface area contributed by atoms with Gasteiger partial charge in [0.25, 0.3) is 0 Å². The van der Waals surface area contributed by atoms with Crippen LogP contribution < -0.4 is 5.73 Å². The van der Waals surface area contributed by atoms with Crippen LogP contribution in [0.3, 0.4) is 0 Å². The van der Waals surface area contributed by atoms with Gasteiger partial charge in [-0.3, -0.25) is 0 Å². The van der Waals surface area contributed by atoms with Crippen LogP contribution in [-0.2, 0) is 12.8 Å². The summed E-state index contributed by atoms with van der Waals surface area (Å²) in [6.45, 7) is 0.844. The Morgan fingerprint density at radius 3 is 2.94 bits per heavy atom. The lowest BCUT2D eigenvalue weighted by atomic mass is 9.81. The second kappa shape index (κ2) is 5.83. The van der Waals surface area contributed by atoms with E-state index in [9.17, 15) is 0 Å². The van der Waals surface area contributed by atoms with Gasteiger partial charge < -0.3 is 5.73 Å². The Balaban J connectivity index is 1.93. The van der Waals surface area contributed by atoms with E-state index in [4.69, 9.17) is 5.73 Å². The van der Waals surface area contributed by atoms with Crippen molar-refractivity contribution in [2.24, 2.45) is 11.7 Å². The third kappa shape index (κ3) is 3.08. The molecule has 0 bridgehead atoms. The number of nitrogens with two attached hydrogens (primary N) is 1. The highest BCUT2D eigenvalue weighted by Gasteiger charge is 2.18. The zero-order valence-corrected chi connectivity index (χ0v) is 11.3. The summed E-state index contributed by atoms with van der Waals surface area (Å²) in [5, 5.41) is 0. The summed E-state index contributed by atoms with van der Waals surface area (Å²) in [7, 11) is 0. The van der Waals surface area contributed by atoms with Crippen molar-refractivity contribution in [1.82, 2.24) is 0 Å². The van der Waals surface area contributed by atoms with Crippen LogP contribution in [0.2, 0.25) is 0 Å². The Morgan fingerprint density at radius 1 is 1.25 bits per heavy atom. The molecule has 2 rings (SSSR count). The molecule has 1 unspecified atom stereocenters. The average molecular weight is 282 g/mol. The molecule has 2 N–H and O–H groups in total. The lowest BCUT2D eigenvalue weighted by molar-refractivity contribution is 0.410. The fourth-order valence-electron chi connectivity index (χ4n) is 2.62. The molecule has 88 valence electrons. The minimum Gasteiger partial charge on any atom is -0.330 e. The van der Waals surface area contributed by atoms with E-state index >= 15 is 0 Å².